The molecule has 2 nitrogen and oxygen atoms in total. The maximum atomic E-state index is 13.4. The first-order valence-corrected chi connectivity index (χ1v) is 9.47. The third kappa shape index (κ3) is 5.49. The highest BCUT2D eigenvalue weighted by molar-refractivity contribution is 5.30. The Hall–Kier alpha value is -1.00. The molecule has 0 bridgehead atoms. The number of halogens is 2. The Bertz CT molecular complexity index is 528. The molecule has 2 rings (SSSR count). The summed E-state index contributed by atoms with van der Waals surface area (Å²) >= 11 is 0. The molecule has 25 heavy (non-hydrogen) atoms. The van der Waals surface area contributed by atoms with E-state index in [1.54, 1.807) is 12.1 Å². The van der Waals surface area contributed by atoms with Gasteiger partial charge in [0.15, 0.2) is 0 Å². The zero-order valence-corrected chi connectivity index (χ0v) is 16.1. The molecule has 142 valence electrons. The number of hydrogen-bond acceptors (Lipinski definition) is 2. The molecule has 1 aromatic rings. The summed E-state index contributed by atoms with van der Waals surface area (Å²) in [5, 5.41) is 9.08. The highest BCUT2D eigenvalue weighted by Crippen LogP contribution is 2.34. The number of likely N-dealkylation sites (tertiary alicyclic amines) is 1. The smallest absolute Gasteiger partial charge is 0.270 e. The van der Waals surface area contributed by atoms with Gasteiger partial charge < -0.3 is 10.0 Å². The van der Waals surface area contributed by atoms with Gasteiger partial charge in [-0.25, -0.2) is 8.78 Å². The SMILES string of the molecule is CC(CC(C)(C)c1ccc(C(C)(F)F)cc1)N1CCC(CCO)CC1. The number of nitrogens with zero attached hydrogens (tertiary/aromatic N) is 1. The monoisotopic (exact) mass is 353 g/mol. The number of hydrogen-bond donors (Lipinski definition) is 1. The molecule has 0 saturated carbocycles. The van der Waals surface area contributed by atoms with Gasteiger partial charge in [-0.15, -0.1) is 0 Å². The Morgan fingerprint density at radius 3 is 2.08 bits per heavy atom. The van der Waals surface area contributed by atoms with Crippen molar-refractivity contribution < 1.29 is 13.9 Å². The van der Waals surface area contributed by atoms with Crippen molar-refractivity contribution in [1.82, 2.24) is 4.90 Å². The van der Waals surface area contributed by atoms with Gasteiger partial charge in [0.05, 0.1) is 0 Å². The highest BCUT2D eigenvalue weighted by atomic mass is 19.3. The third-order valence-electron chi connectivity index (χ3n) is 5.79. The zero-order valence-electron chi connectivity index (χ0n) is 16.1. The summed E-state index contributed by atoms with van der Waals surface area (Å²) in [5.41, 5.74) is 1.14. The lowest BCUT2D eigenvalue weighted by molar-refractivity contribution is 0.0174. The van der Waals surface area contributed by atoms with Crippen LogP contribution in [0, 0.1) is 5.92 Å². The Labute approximate surface area is 151 Å². The summed E-state index contributed by atoms with van der Waals surface area (Å²) in [4.78, 5) is 2.53. The predicted octanol–water partition coefficient (Wildman–Crippen LogP) is 4.95. The second kappa shape index (κ2) is 8.13. The molecule has 1 fully saturated rings. The van der Waals surface area contributed by atoms with Crippen molar-refractivity contribution in [2.75, 3.05) is 19.7 Å². The second-order valence-corrected chi connectivity index (χ2v) is 8.39. The van der Waals surface area contributed by atoms with E-state index < -0.39 is 5.92 Å². The topological polar surface area (TPSA) is 23.5 Å². The molecule has 0 radical (unpaired) electrons. The first-order valence-electron chi connectivity index (χ1n) is 9.47. The molecule has 1 aliphatic rings. The minimum atomic E-state index is -2.78. The molecule has 1 heterocycles. The summed E-state index contributed by atoms with van der Waals surface area (Å²) < 4.78 is 26.8. The van der Waals surface area contributed by atoms with Crippen molar-refractivity contribution in [3.63, 3.8) is 0 Å². The van der Waals surface area contributed by atoms with Gasteiger partial charge in [-0.2, -0.15) is 0 Å². The largest absolute Gasteiger partial charge is 0.396 e. The van der Waals surface area contributed by atoms with Gasteiger partial charge in [0, 0.05) is 25.1 Å². The molecule has 0 amide bonds. The van der Waals surface area contributed by atoms with E-state index in [1.165, 1.54) is 0 Å². The quantitative estimate of drug-likeness (QED) is 0.750. The van der Waals surface area contributed by atoms with Crippen LogP contribution in [-0.2, 0) is 11.3 Å². The van der Waals surface area contributed by atoms with Crippen LogP contribution >= 0.6 is 0 Å². The lowest BCUT2D eigenvalue weighted by atomic mass is 9.78. The van der Waals surface area contributed by atoms with Crippen molar-refractivity contribution >= 4 is 0 Å². The fourth-order valence-corrected chi connectivity index (χ4v) is 4.06. The summed E-state index contributed by atoms with van der Waals surface area (Å²) in [6.45, 7) is 10.1. The number of aliphatic hydroxyl groups excluding tert-OH is 1. The van der Waals surface area contributed by atoms with Crippen LogP contribution in [0.4, 0.5) is 8.78 Å². The van der Waals surface area contributed by atoms with Gasteiger partial charge in [0.1, 0.15) is 0 Å². The Kier molecular flexibility index (Phi) is 6.61. The van der Waals surface area contributed by atoms with Gasteiger partial charge in [-0.05, 0) is 62.6 Å². The summed E-state index contributed by atoms with van der Waals surface area (Å²) in [7, 11) is 0. The van der Waals surface area contributed by atoms with E-state index in [2.05, 4.69) is 25.7 Å². The van der Waals surface area contributed by atoms with Gasteiger partial charge >= 0.3 is 0 Å². The van der Waals surface area contributed by atoms with Gasteiger partial charge in [-0.1, -0.05) is 38.1 Å². The van der Waals surface area contributed by atoms with E-state index in [0.29, 0.717) is 18.6 Å². The van der Waals surface area contributed by atoms with Crippen LogP contribution in [-0.4, -0.2) is 35.7 Å². The number of piperidine rings is 1. The maximum Gasteiger partial charge on any atom is 0.270 e. The number of alkyl halides is 2. The molecule has 0 aromatic heterocycles. The van der Waals surface area contributed by atoms with E-state index in [0.717, 1.165) is 51.3 Å². The van der Waals surface area contributed by atoms with Crippen LogP contribution in [0.2, 0.25) is 0 Å². The van der Waals surface area contributed by atoms with E-state index in [1.807, 2.05) is 12.1 Å². The summed E-state index contributed by atoms with van der Waals surface area (Å²) in [6, 6.07) is 7.28. The normalized spacial score (nSPS) is 19.2. The minimum Gasteiger partial charge on any atom is -0.396 e. The molecule has 0 aliphatic carbocycles. The van der Waals surface area contributed by atoms with E-state index >= 15 is 0 Å². The van der Waals surface area contributed by atoms with Crippen molar-refractivity contribution in [3.8, 4) is 0 Å². The predicted molar refractivity (Wildman–Crippen MR) is 99.1 cm³/mol. The Morgan fingerprint density at radius 2 is 1.60 bits per heavy atom. The van der Waals surface area contributed by atoms with Crippen LogP contribution in [0.25, 0.3) is 0 Å². The average Bonchev–Trinajstić information content (AvgIpc) is 2.55. The van der Waals surface area contributed by atoms with E-state index in [9.17, 15) is 8.78 Å². The molecule has 1 aliphatic heterocycles. The van der Waals surface area contributed by atoms with Gasteiger partial charge in [0.25, 0.3) is 5.92 Å². The second-order valence-electron chi connectivity index (χ2n) is 8.39. The first-order chi connectivity index (χ1) is 11.6. The Morgan fingerprint density at radius 1 is 1.08 bits per heavy atom. The molecule has 1 saturated heterocycles. The maximum absolute atomic E-state index is 13.4. The summed E-state index contributed by atoms with van der Waals surface area (Å²) in [6.07, 6.45) is 4.23. The Balaban J connectivity index is 1.96. The molecule has 1 aromatic carbocycles. The molecular weight excluding hydrogens is 320 g/mol. The minimum absolute atomic E-state index is 0.0527. The molecule has 1 N–H and O–H groups in total. The number of rotatable bonds is 7. The van der Waals surface area contributed by atoms with Crippen molar-refractivity contribution in [1.29, 1.82) is 0 Å². The van der Waals surface area contributed by atoms with Gasteiger partial charge in [-0.3, -0.25) is 0 Å². The molecule has 1 unspecified atom stereocenters. The molecule has 1 atom stereocenters. The molecule has 0 spiro atoms. The number of benzene rings is 1. The van der Waals surface area contributed by atoms with Crippen LogP contribution in [0.3, 0.4) is 0 Å². The highest BCUT2D eigenvalue weighted by Gasteiger charge is 2.30. The fraction of sp³-hybridized carbons (Fsp3) is 0.714. The van der Waals surface area contributed by atoms with Crippen molar-refractivity contribution in [3.05, 3.63) is 35.4 Å². The number of aliphatic hydroxyl groups is 1. The van der Waals surface area contributed by atoms with E-state index in [4.69, 9.17) is 5.11 Å². The van der Waals surface area contributed by atoms with Gasteiger partial charge in [0.2, 0.25) is 0 Å². The van der Waals surface area contributed by atoms with Crippen LogP contribution in [0.1, 0.15) is 64.5 Å². The van der Waals surface area contributed by atoms with E-state index in [-0.39, 0.29) is 11.0 Å². The van der Waals surface area contributed by atoms with Crippen molar-refractivity contribution in [2.24, 2.45) is 5.92 Å². The lowest BCUT2D eigenvalue weighted by Crippen LogP contribution is -2.42. The summed E-state index contributed by atoms with van der Waals surface area (Å²) in [5.74, 6) is -2.13. The molecule has 4 heteroatoms. The van der Waals surface area contributed by atoms with Crippen LogP contribution in [0.5, 0.6) is 0 Å². The lowest BCUT2D eigenvalue weighted by Gasteiger charge is -2.39. The van der Waals surface area contributed by atoms with Crippen LogP contribution in [0.15, 0.2) is 24.3 Å². The average molecular weight is 353 g/mol. The zero-order chi connectivity index (χ0) is 18.7. The molecular formula is C21H33F2NO. The van der Waals surface area contributed by atoms with Crippen LogP contribution < -0.4 is 0 Å². The standard InChI is InChI=1S/C21H33F2NO/c1-16(24-12-9-17(10-13-24)11-14-25)15-20(2,3)18-5-7-19(8-6-18)21(4,22)23/h5-8,16-17,25H,9-15H2,1-4H3. The third-order valence-corrected chi connectivity index (χ3v) is 5.79. The first kappa shape index (κ1) is 20.3. The fourth-order valence-electron chi connectivity index (χ4n) is 4.06. The van der Waals surface area contributed by atoms with Crippen molar-refractivity contribution in [2.45, 2.75) is 70.8 Å².